The van der Waals surface area contributed by atoms with Crippen molar-refractivity contribution in [3.8, 4) is 22.8 Å². The van der Waals surface area contributed by atoms with Gasteiger partial charge in [-0.1, -0.05) is 24.6 Å². The molecule has 2 fully saturated rings. The maximum Gasteiger partial charge on any atom is 0.265 e. The highest BCUT2D eigenvalue weighted by Gasteiger charge is 2.46. The highest BCUT2D eigenvalue weighted by Crippen LogP contribution is 2.36. The molecule has 5 aromatic rings. The van der Waals surface area contributed by atoms with E-state index in [0.29, 0.717) is 66.4 Å². The number of piperidine rings is 2. The van der Waals surface area contributed by atoms with Crippen molar-refractivity contribution in [2.45, 2.75) is 68.3 Å². The Morgan fingerprint density at radius 3 is 2.51 bits per heavy atom. The van der Waals surface area contributed by atoms with Crippen LogP contribution in [0.4, 0.5) is 10.2 Å². The van der Waals surface area contributed by atoms with Crippen LogP contribution in [0.2, 0.25) is 0 Å². The van der Waals surface area contributed by atoms with Crippen LogP contribution in [-0.2, 0) is 14.4 Å². The summed E-state index contributed by atoms with van der Waals surface area (Å²) in [5, 5.41) is 7.79. The van der Waals surface area contributed by atoms with Gasteiger partial charge >= 0.3 is 0 Å². The Bertz CT molecular complexity index is 2390. The summed E-state index contributed by atoms with van der Waals surface area (Å²) in [6, 6.07) is 18.8. The fraction of sp³-hybridized carbons (Fsp3) is 0.317. The van der Waals surface area contributed by atoms with Crippen molar-refractivity contribution in [1.29, 1.82) is 0 Å². The van der Waals surface area contributed by atoms with E-state index in [0.717, 1.165) is 35.5 Å². The first-order chi connectivity index (χ1) is 27.7. The van der Waals surface area contributed by atoms with E-state index in [-0.39, 0.29) is 40.8 Å². The lowest BCUT2D eigenvalue weighted by molar-refractivity contribution is -0.136. The highest BCUT2D eigenvalue weighted by atomic mass is 32.2. The van der Waals surface area contributed by atoms with Gasteiger partial charge in [-0.15, -0.1) is 11.8 Å². The number of carbonyl (C=O) groups is 5. The summed E-state index contributed by atoms with van der Waals surface area (Å²) >= 11 is 1.23. The first kappa shape index (κ1) is 37.7. The standard InChI is InChI=1S/C41H39FN8O6S/c42-35-30(18-16-28-33(35)41(55)49(40(28)54)29-17-19-31(51)46-39(29)53)57-21-6-2-5-11-32(52)48-20-7-8-25(22-48)50-38-34(37(43)44-23-45-38)36(47-50)24-12-14-27(15-13-24)56-26-9-3-1-4-10-26/h1,3-4,9-10,12-16,18,23,25,29H,2,5-8,11,17,19-22H2,(H2,43,44,45)(H,46,51,53). The van der Waals surface area contributed by atoms with Crippen LogP contribution in [0.1, 0.15) is 78.1 Å². The molecule has 292 valence electrons. The summed E-state index contributed by atoms with van der Waals surface area (Å²) in [6.07, 6.45) is 5.50. The van der Waals surface area contributed by atoms with E-state index in [2.05, 4.69) is 15.3 Å². The molecule has 0 bridgehead atoms. The Labute approximate surface area is 331 Å². The molecule has 2 atom stereocenters. The Hall–Kier alpha value is -6.16. The minimum Gasteiger partial charge on any atom is -0.457 e. The van der Waals surface area contributed by atoms with E-state index in [9.17, 15) is 24.0 Å². The lowest BCUT2D eigenvalue weighted by Gasteiger charge is -2.33. The van der Waals surface area contributed by atoms with Crippen molar-refractivity contribution in [3.05, 3.63) is 90.0 Å². The molecule has 2 unspecified atom stereocenters. The van der Waals surface area contributed by atoms with Gasteiger partial charge in [-0.25, -0.2) is 19.0 Å². The molecular formula is C41H39FN8O6S. The van der Waals surface area contributed by atoms with Crippen molar-refractivity contribution < 1.29 is 33.1 Å². The van der Waals surface area contributed by atoms with E-state index in [1.807, 2.05) is 64.2 Å². The number of anilines is 1. The Balaban J connectivity index is 0.847. The summed E-state index contributed by atoms with van der Waals surface area (Å²) in [4.78, 5) is 75.1. The Morgan fingerprint density at radius 1 is 0.930 bits per heavy atom. The Kier molecular flexibility index (Phi) is 10.7. The van der Waals surface area contributed by atoms with E-state index in [4.69, 9.17) is 15.6 Å². The van der Waals surface area contributed by atoms with Gasteiger partial charge in [0.05, 0.1) is 22.6 Å². The minimum absolute atomic E-state index is 0.00385. The lowest BCUT2D eigenvalue weighted by Crippen LogP contribution is -2.54. The molecule has 0 spiro atoms. The number of rotatable bonds is 12. The van der Waals surface area contributed by atoms with Crippen LogP contribution in [0.3, 0.4) is 0 Å². The second-order valence-corrected chi connectivity index (χ2v) is 15.4. The number of hydrogen-bond acceptors (Lipinski definition) is 11. The number of aromatic nitrogens is 4. The number of benzene rings is 3. The molecule has 8 rings (SSSR count). The van der Waals surface area contributed by atoms with Gasteiger partial charge in [0.15, 0.2) is 5.65 Å². The molecular weight excluding hydrogens is 752 g/mol. The lowest BCUT2D eigenvalue weighted by atomic mass is 10.0. The van der Waals surface area contributed by atoms with Crippen molar-refractivity contribution in [2.75, 3.05) is 24.6 Å². The number of para-hydroxylation sites is 1. The zero-order valence-corrected chi connectivity index (χ0v) is 31.7. The monoisotopic (exact) mass is 790 g/mol. The molecule has 2 aromatic heterocycles. The maximum absolute atomic E-state index is 15.6. The third-order valence-electron chi connectivity index (χ3n) is 10.5. The van der Waals surface area contributed by atoms with Crippen LogP contribution in [0.5, 0.6) is 11.5 Å². The zero-order chi connectivity index (χ0) is 39.6. The molecule has 3 aliphatic rings. The van der Waals surface area contributed by atoms with E-state index in [1.165, 1.54) is 30.2 Å². The number of nitrogens with zero attached hydrogens (tertiary/aromatic N) is 6. The number of imide groups is 2. The average Bonchev–Trinajstić information content (AvgIpc) is 3.73. The molecule has 3 N–H and O–H groups in total. The van der Waals surface area contributed by atoms with Crippen LogP contribution in [0, 0.1) is 5.82 Å². The number of hydrogen-bond donors (Lipinski definition) is 2. The van der Waals surface area contributed by atoms with Gasteiger partial charge < -0.3 is 15.4 Å². The van der Waals surface area contributed by atoms with Crippen LogP contribution < -0.4 is 15.8 Å². The van der Waals surface area contributed by atoms with Gasteiger partial charge in [0.2, 0.25) is 17.7 Å². The van der Waals surface area contributed by atoms with Crippen molar-refractivity contribution >= 4 is 58.1 Å². The molecule has 57 heavy (non-hydrogen) atoms. The minimum atomic E-state index is -1.16. The fourth-order valence-electron chi connectivity index (χ4n) is 7.64. The summed E-state index contributed by atoms with van der Waals surface area (Å²) in [5.74, 6) is -1.30. The summed E-state index contributed by atoms with van der Waals surface area (Å²) < 4.78 is 23.4. The number of nitrogens with one attached hydrogen (secondary N) is 1. The van der Waals surface area contributed by atoms with Crippen LogP contribution >= 0.6 is 11.8 Å². The molecule has 0 radical (unpaired) electrons. The number of thioether (sulfide) groups is 1. The second-order valence-electron chi connectivity index (χ2n) is 14.2. The number of ether oxygens (including phenoxy) is 1. The average molecular weight is 791 g/mol. The van der Waals surface area contributed by atoms with Gasteiger partial charge in [0.25, 0.3) is 11.8 Å². The number of amides is 5. The SMILES string of the molecule is Nc1ncnc2c1c(-c1ccc(Oc3ccccc3)cc1)nn2C1CCCN(C(=O)CCCCCSc2ccc3c(c2F)C(=O)N(C2CCC(=O)NC2=O)C3=O)C1. The summed E-state index contributed by atoms with van der Waals surface area (Å²) in [5.41, 5.74) is 8.05. The van der Waals surface area contributed by atoms with Crippen molar-refractivity contribution in [2.24, 2.45) is 0 Å². The smallest absolute Gasteiger partial charge is 0.265 e. The molecule has 0 aliphatic carbocycles. The quantitative estimate of drug-likeness (QED) is 0.0869. The van der Waals surface area contributed by atoms with Gasteiger partial charge in [0, 0.05) is 36.4 Å². The number of likely N-dealkylation sites (tertiary alicyclic amines) is 1. The van der Waals surface area contributed by atoms with Gasteiger partial charge in [-0.3, -0.25) is 34.2 Å². The number of fused-ring (bicyclic) bond motifs is 2. The molecule has 2 saturated heterocycles. The molecule has 5 heterocycles. The normalized spacial score (nSPS) is 18.3. The topological polar surface area (TPSA) is 183 Å². The highest BCUT2D eigenvalue weighted by molar-refractivity contribution is 7.99. The predicted octanol–water partition coefficient (Wildman–Crippen LogP) is 5.92. The predicted molar refractivity (Wildman–Crippen MR) is 209 cm³/mol. The van der Waals surface area contributed by atoms with E-state index >= 15 is 4.39 Å². The third kappa shape index (κ3) is 7.56. The number of carbonyl (C=O) groups excluding carboxylic acids is 5. The number of nitrogens with two attached hydrogens (primary N) is 1. The van der Waals surface area contributed by atoms with E-state index in [1.54, 1.807) is 0 Å². The molecule has 0 saturated carbocycles. The molecule has 3 aromatic carbocycles. The largest absolute Gasteiger partial charge is 0.457 e. The fourth-order valence-corrected chi connectivity index (χ4v) is 8.60. The van der Waals surface area contributed by atoms with Gasteiger partial charge in [0.1, 0.15) is 41.2 Å². The summed E-state index contributed by atoms with van der Waals surface area (Å²) in [7, 11) is 0. The molecule has 14 nitrogen and oxygen atoms in total. The number of unbranched alkanes of at least 4 members (excludes halogenated alkanes) is 2. The summed E-state index contributed by atoms with van der Waals surface area (Å²) in [6.45, 7) is 1.13. The first-order valence-electron chi connectivity index (χ1n) is 18.9. The molecule has 3 aliphatic heterocycles. The van der Waals surface area contributed by atoms with Crippen LogP contribution in [0.15, 0.2) is 78.0 Å². The third-order valence-corrected chi connectivity index (χ3v) is 11.6. The number of halogens is 1. The van der Waals surface area contributed by atoms with Crippen LogP contribution in [0.25, 0.3) is 22.3 Å². The molecule has 5 amide bonds. The van der Waals surface area contributed by atoms with Crippen LogP contribution in [-0.4, -0.2) is 84.0 Å². The molecule has 16 heteroatoms. The van der Waals surface area contributed by atoms with Gasteiger partial charge in [-0.2, -0.15) is 5.10 Å². The first-order valence-corrected chi connectivity index (χ1v) is 19.9. The second kappa shape index (κ2) is 16.1. The maximum atomic E-state index is 15.6. The number of nitrogen functional groups attached to an aromatic ring is 1. The van der Waals surface area contributed by atoms with Gasteiger partial charge in [-0.05, 0) is 86.4 Å². The van der Waals surface area contributed by atoms with E-state index < -0.39 is 35.5 Å². The van der Waals surface area contributed by atoms with Crippen molar-refractivity contribution in [1.82, 2.24) is 34.9 Å². The zero-order valence-electron chi connectivity index (χ0n) is 30.9. The van der Waals surface area contributed by atoms with Crippen molar-refractivity contribution in [3.63, 3.8) is 0 Å². The Morgan fingerprint density at radius 2 is 1.72 bits per heavy atom.